The lowest BCUT2D eigenvalue weighted by atomic mass is 10.2. The van der Waals surface area contributed by atoms with E-state index >= 15 is 0 Å². The molecule has 0 aliphatic rings. The fourth-order valence-electron chi connectivity index (χ4n) is 0.651. The van der Waals surface area contributed by atoms with Gasteiger partial charge in [-0.1, -0.05) is 6.92 Å². The number of alkyl halides is 3. The Hall–Kier alpha value is -0.800. The summed E-state index contributed by atoms with van der Waals surface area (Å²) in [5.41, 5.74) is 0. The van der Waals surface area contributed by atoms with Crippen LogP contribution in [0.4, 0.5) is 13.2 Å². The molecule has 2 N–H and O–H groups in total. The monoisotopic (exact) mass is 196 g/mol. The number of hydrogen-bond acceptors (Lipinski definition) is 3. The van der Waals surface area contributed by atoms with Gasteiger partial charge in [0.2, 0.25) is 0 Å². The van der Waals surface area contributed by atoms with Crippen LogP contribution in [0.3, 0.4) is 0 Å². The Morgan fingerprint density at radius 2 is 2.08 bits per heavy atom. The molecule has 0 bridgehead atoms. The van der Waals surface area contributed by atoms with E-state index in [4.69, 9.17) is 10.4 Å². The molecule has 0 aromatic heterocycles. The molecule has 0 amide bonds. The van der Waals surface area contributed by atoms with Gasteiger partial charge in [0.25, 0.3) is 0 Å². The number of halogens is 3. The molecule has 76 valence electrons. The minimum atomic E-state index is -4.62. The van der Waals surface area contributed by atoms with Crippen molar-refractivity contribution in [3.8, 4) is 6.07 Å². The molecule has 0 saturated carbocycles. The van der Waals surface area contributed by atoms with Gasteiger partial charge in [-0.05, 0) is 6.42 Å². The number of nitriles is 1. The standard InChI is InChI=1S/C7H11F3N2O/c1-2-5(3-11)12-4-6(13)7(8,9)10/h5-6,12-13H,2,4H2,1H3. The molecule has 2 unspecified atom stereocenters. The van der Waals surface area contributed by atoms with Crippen molar-refractivity contribution in [1.82, 2.24) is 5.32 Å². The van der Waals surface area contributed by atoms with Crippen molar-refractivity contribution < 1.29 is 18.3 Å². The Morgan fingerprint density at radius 1 is 1.54 bits per heavy atom. The lowest BCUT2D eigenvalue weighted by Crippen LogP contribution is -2.41. The second-order valence-electron chi connectivity index (χ2n) is 2.56. The van der Waals surface area contributed by atoms with Crippen LogP contribution in [0.2, 0.25) is 0 Å². The summed E-state index contributed by atoms with van der Waals surface area (Å²) in [5.74, 6) is 0. The van der Waals surface area contributed by atoms with Crippen LogP contribution in [0, 0.1) is 11.3 Å². The van der Waals surface area contributed by atoms with E-state index in [2.05, 4.69) is 5.32 Å². The minimum Gasteiger partial charge on any atom is -0.382 e. The van der Waals surface area contributed by atoms with Crippen LogP contribution < -0.4 is 5.32 Å². The number of nitrogens with one attached hydrogen (secondary N) is 1. The number of nitrogens with zero attached hydrogens (tertiary/aromatic N) is 1. The summed E-state index contributed by atoms with van der Waals surface area (Å²) in [6.45, 7) is 1.02. The molecule has 0 rings (SSSR count). The van der Waals surface area contributed by atoms with Crippen molar-refractivity contribution in [3.05, 3.63) is 0 Å². The first-order valence-corrected chi connectivity index (χ1v) is 3.79. The van der Waals surface area contributed by atoms with Crippen LogP contribution >= 0.6 is 0 Å². The lowest BCUT2D eigenvalue weighted by molar-refractivity contribution is -0.202. The van der Waals surface area contributed by atoms with E-state index in [1.807, 2.05) is 0 Å². The molecule has 0 saturated heterocycles. The number of hydrogen-bond donors (Lipinski definition) is 2. The van der Waals surface area contributed by atoms with Crippen molar-refractivity contribution in [2.75, 3.05) is 6.54 Å². The first-order valence-electron chi connectivity index (χ1n) is 3.79. The lowest BCUT2D eigenvalue weighted by Gasteiger charge is -2.16. The zero-order chi connectivity index (χ0) is 10.5. The van der Waals surface area contributed by atoms with Crippen molar-refractivity contribution in [3.63, 3.8) is 0 Å². The van der Waals surface area contributed by atoms with Gasteiger partial charge < -0.3 is 5.11 Å². The summed E-state index contributed by atoms with van der Waals surface area (Å²) in [6.07, 6.45) is -6.63. The normalized spacial score (nSPS) is 16.3. The fourth-order valence-corrected chi connectivity index (χ4v) is 0.651. The molecule has 3 nitrogen and oxygen atoms in total. The zero-order valence-electron chi connectivity index (χ0n) is 7.10. The van der Waals surface area contributed by atoms with Crippen LogP contribution in [0.15, 0.2) is 0 Å². The van der Waals surface area contributed by atoms with E-state index in [0.717, 1.165) is 0 Å². The molecular weight excluding hydrogens is 185 g/mol. The summed E-state index contributed by atoms with van der Waals surface area (Å²) in [6, 6.07) is 1.13. The van der Waals surface area contributed by atoms with Gasteiger partial charge in [-0.15, -0.1) is 0 Å². The van der Waals surface area contributed by atoms with Gasteiger partial charge in [-0.2, -0.15) is 18.4 Å². The number of rotatable bonds is 4. The van der Waals surface area contributed by atoms with E-state index in [1.165, 1.54) is 0 Å². The molecule has 0 spiro atoms. The maximum absolute atomic E-state index is 11.7. The Morgan fingerprint density at radius 3 is 2.38 bits per heavy atom. The van der Waals surface area contributed by atoms with Gasteiger partial charge in [-0.25, -0.2) is 0 Å². The van der Waals surface area contributed by atoms with Gasteiger partial charge in [0.1, 0.15) is 0 Å². The molecule has 0 fully saturated rings. The van der Waals surface area contributed by atoms with Gasteiger partial charge in [0.05, 0.1) is 12.1 Å². The molecule has 0 aliphatic heterocycles. The second-order valence-corrected chi connectivity index (χ2v) is 2.56. The Labute approximate surface area is 74.2 Å². The summed E-state index contributed by atoms with van der Waals surface area (Å²) in [4.78, 5) is 0. The predicted molar refractivity (Wildman–Crippen MR) is 39.8 cm³/mol. The van der Waals surface area contributed by atoms with E-state index in [0.29, 0.717) is 6.42 Å². The SMILES string of the molecule is CCC(C#N)NCC(O)C(F)(F)F. The summed E-state index contributed by atoms with van der Waals surface area (Å²) < 4.78 is 35.2. The maximum Gasteiger partial charge on any atom is 0.415 e. The van der Waals surface area contributed by atoms with E-state index in [-0.39, 0.29) is 0 Å². The third-order valence-electron chi connectivity index (χ3n) is 1.50. The largest absolute Gasteiger partial charge is 0.415 e. The maximum atomic E-state index is 11.7. The molecule has 13 heavy (non-hydrogen) atoms. The van der Waals surface area contributed by atoms with E-state index in [1.54, 1.807) is 13.0 Å². The van der Waals surface area contributed by atoms with Crippen LogP contribution in [0.5, 0.6) is 0 Å². The van der Waals surface area contributed by atoms with Gasteiger partial charge in [0, 0.05) is 6.54 Å². The van der Waals surface area contributed by atoms with Crippen molar-refractivity contribution in [2.45, 2.75) is 31.7 Å². The molecule has 0 heterocycles. The molecule has 2 atom stereocenters. The Balaban J connectivity index is 3.83. The first kappa shape index (κ1) is 12.2. The molecule has 0 aromatic carbocycles. The highest BCUT2D eigenvalue weighted by molar-refractivity contribution is 4.89. The highest BCUT2D eigenvalue weighted by atomic mass is 19.4. The highest BCUT2D eigenvalue weighted by Crippen LogP contribution is 2.19. The quantitative estimate of drug-likeness (QED) is 0.699. The van der Waals surface area contributed by atoms with E-state index in [9.17, 15) is 13.2 Å². The van der Waals surface area contributed by atoms with Crippen molar-refractivity contribution in [1.29, 1.82) is 5.26 Å². The minimum absolute atomic E-state index is 0.404. The van der Waals surface area contributed by atoms with Gasteiger partial charge >= 0.3 is 6.18 Å². The molecule has 0 aromatic rings. The third-order valence-corrected chi connectivity index (χ3v) is 1.50. The van der Waals surface area contributed by atoms with Gasteiger partial charge in [0.15, 0.2) is 6.10 Å². The zero-order valence-corrected chi connectivity index (χ0v) is 7.10. The smallest absolute Gasteiger partial charge is 0.382 e. The van der Waals surface area contributed by atoms with Crippen LogP contribution in [-0.4, -0.2) is 30.0 Å². The van der Waals surface area contributed by atoms with E-state index < -0.39 is 24.9 Å². The van der Waals surface area contributed by atoms with Crippen molar-refractivity contribution in [2.24, 2.45) is 0 Å². The topological polar surface area (TPSA) is 56.0 Å². The fraction of sp³-hybridized carbons (Fsp3) is 0.857. The summed E-state index contributed by atoms with van der Waals surface area (Å²) >= 11 is 0. The number of aliphatic hydroxyl groups is 1. The summed E-state index contributed by atoms with van der Waals surface area (Å²) in [5, 5.41) is 19.2. The number of aliphatic hydroxyl groups excluding tert-OH is 1. The Kier molecular flexibility index (Phi) is 4.73. The third kappa shape index (κ3) is 4.70. The highest BCUT2D eigenvalue weighted by Gasteiger charge is 2.37. The van der Waals surface area contributed by atoms with Crippen LogP contribution in [-0.2, 0) is 0 Å². The molecule has 0 aliphatic carbocycles. The van der Waals surface area contributed by atoms with Crippen molar-refractivity contribution >= 4 is 0 Å². The van der Waals surface area contributed by atoms with Crippen LogP contribution in [0.25, 0.3) is 0 Å². The second kappa shape index (κ2) is 5.04. The Bertz CT molecular complexity index is 187. The average molecular weight is 196 g/mol. The molecule has 0 radical (unpaired) electrons. The predicted octanol–water partition coefficient (Wildman–Crippen LogP) is 0.801. The average Bonchev–Trinajstić information content (AvgIpc) is 2.04. The molecule has 6 heteroatoms. The first-order chi connectivity index (χ1) is 5.91. The van der Waals surface area contributed by atoms with Crippen LogP contribution in [0.1, 0.15) is 13.3 Å². The molecular formula is C7H11F3N2O. The summed E-state index contributed by atoms with van der Waals surface area (Å²) in [7, 11) is 0. The van der Waals surface area contributed by atoms with Gasteiger partial charge in [-0.3, -0.25) is 5.32 Å².